The first-order chi connectivity index (χ1) is 13.6. The molecule has 6 heteroatoms. The number of amides is 2. The van der Waals surface area contributed by atoms with Gasteiger partial charge in [0.2, 0.25) is 11.8 Å². The molecular formula is C22H24FN3O2. The molecule has 28 heavy (non-hydrogen) atoms. The van der Waals surface area contributed by atoms with E-state index in [1.54, 1.807) is 17.0 Å². The Labute approximate surface area is 164 Å². The average Bonchev–Trinajstić information content (AvgIpc) is 3.11. The number of hydrogen-bond donors (Lipinski definition) is 0. The minimum atomic E-state index is -0.337. The number of carbonyl (C=O) groups excluding carboxylic acids is 2. The number of rotatable bonds is 4. The van der Waals surface area contributed by atoms with Crippen LogP contribution in [0.15, 0.2) is 54.6 Å². The summed E-state index contributed by atoms with van der Waals surface area (Å²) >= 11 is 0. The van der Waals surface area contributed by atoms with Crippen molar-refractivity contribution in [2.45, 2.75) is 13.0 Å². The van der Waals surface area contributed by atoms with Crippen molar-refractivity contribution in [1.82, 2.24) is 9.80 Å². The van der Waals surface area contributed by atoms with Gasteiger partial charge in [-0.05, 0) is 29.8 Å². The lowest BCUT2D eigenvalue weighted by atomic mass is 10.1. The maximum Gasteiger partial charge on any atom is 0.228 e. The van der Waals surface area contributed by atoms with Gasteiger partial charge >= 0.3 is 0 Å². The summed E-state index contributed by atoms with van der Waals surface area (Å²) in [5, 5.41) is 0. The molecule has 0 N–H and O–H groups in total. The topological polar surface area (TPSA) is 43.9 Å². The molecule has 0 aliphatic carbocycles. The zero-order valence-corrected chi connectivity index (χ0v) is 15.8. The monoisotopic (exact) mass is 381 g/mol. The highest BCUT2D eigenvalue weighted by Gasteiger charge is 2.37. The first kappa shape index (κ1) is 18.6. The lowest BCUT2D eigenvalue weighted by Crippen LogP contribution is -2.50. The van der Waals surface area contributed by atoms with Crippen LogP contribution in [0.3, 0.4) is 0 Å². The van der Waals surface area contributed by atoms with Gasteiger partial charge in [0.1, 0.15) is 5.82 Å². The van der Waals surface area contributed by atoms with Crippen molar-refractivity contribution in [3.8, 4) is 0 Å². The quantitative estimate of drug-likeness (QED) is 0.818. The van der Waals surface area contributed by atoms with E-state index in [4.69, 9.17) is 0 Å². The smallest absolute Gasteiger partial charge is 0.228 e. The molecule has 0 bridgehead atoms. The number of benzene rings is 2. The van der Waals surface area contributed by atoms with E-state index in [0.29, 0.717) is 25.3 Å². The molecule has 0 saturated carbocycles. The minimum absolute atomic E-state index is 0.0531. The molecule has 2 aromatic rings. The van der Waals surface area contributed by atoms with Crippen LogP contribution in [0.25, 0.3) is 0 Å². The predicted molar refractivity (Wildman–Crippen MR) is 105 cm³/mol. The van der Waals surface area contributed by atoms with Gasteiger partial charge in [0, 0.05) is 51.4 Å². The number of halogens is 1. The van der Waals surface area contributed by atoms with Crippen molar-refractivity contribution in [3.05, 3.63) is 66.0 Å². The molecule has 5 nitrogen and oxygen atoms in total. The van der Waals surface area contributed by atoms with E-state index in [2.05, 4.69) is 17.0 Å². The third-order valence-corrected chi connectivity index (χ3v) is 5.55. The summed E-state index contributed by atoms with van der Waals surface area (Å²) in [5.74, 6) is -0.681. The summed E-state index contributed by atoms with van der Waals surface area (Å²) in [4.78, 5) is 31.1. The first-order valence-corrected chi connectivity index (χ1v) is 9.71. The van der Waals surface area contributed by atoms with Crippen LogP contribution in [0.2, 0.25) is 0 Å². The Morgan fingerprint density at radius 2 is 1.64 bits per heavy atom. The van der Waals surface area contributed by atoms with Gasteiger partial charge in [-0.3, -0.25) is 14.5 Å². The lowest BCUT2D eigenvalue weighted by Gasteiger charge is -2.35. The highest BCUT2D eigenvalue weighted by Crippen LogP contribution is 2.27. The molecule has 4 rings (SSSR count). The van der Waals surface area contributed by atoms with Crippen LogP contribution in [0.4, 0.5) is 10.1 Å². The highest BCUT2D eigenvalue weighted by atomic mass is 19.1. The van der Waals surface area contributed by atoms with Crippen LogP contribution < -0.4 is 4.90 Å². The Balaban J connectivity index is 1.32. The summed E-state index contributed by atoms with van der Waals surface area (Å²) in [6.07, 6.45) is 0.223. The molecule has 0 spiro atoms. The van der Waals surface area contributed by atoms with Gasteiger partial charge < -0.3 is 9.80 Å². The van der Waals surface area contributed by atoms with Crippen molar-refractivity contribution in [1.29, 1.82) is 0 Å². The van der Waals surface area contributed by atoms with E-state index < -0.39 is 0 Å². The fraction of sp³-hybridized carbons (Fsp3) is 0.364. The molecule has 2 saturated heterocycles. The molecule has 146 valence electrons. The van der Waals surface area contributed by atoms with E-state index in [1.807, 2.05) is 23.1 Å². The SMILES string of the molecule is O=C([C@@H]1CC(=O)N(c2ccc(F)cc2)C1)N1CCN(Cc2ccccc2)CC1. The van der Waals surface area contributed by atoms with Crippen molar-refractivity contribution in [3.63, 3.8) is 0 Å². The Morgan fingerprint density at radius 3 is 2.32 bits per heavy atom. The Morgan fingerprint density at radius 1 is 0.964 bits per heavy atom. The van der Waals surface area contributed by atoms with Crippen LogP contribution in [0, 0.1) is 11.7 Å². The molecule has 2 aliphatic heterocycles. The zero-order valence-electron chi connectivity index (χ0n) is 15.8. The van der Waals surface area contributed by atoms with Crippen molar-refractivity contribution in [2.24, 2.45) is 5.92 Å². The summed E-state index contributed by atoms with van der Waals surface area (Å²) < 4.78 is 13.1. The molecule has 0 radical (unpaired) electrons. The van der Waals surface area contributed by atoms with Crippen LogP contribution in [-0.4, -0.2) is 54.3 Å². The molecular weight excluding hydrogens is 357 g/mol. The van der Waals surface area contributed by atoms with E-state index in [-0.39, 0.29) is 30.0 Å². The van der Waals surface area contributed by atoms with Gasteiger partial charge in [-0.15, -0.1) is 0 Å². The molecule has 0 aromatic heterocycles. The maximum atomic E-state index is 13.1. The Hall–Kier alpha value is -2.73. The molecule has 1 atom stereocenters. The van der Waals surface area contributed by atoms with E-state index >= 15 is 0 Å². The molecule has 2 aliphatic rings. The standard InChI is InChI=1S/C22H24FN3O2/c23-19-6-8-20(9-7-19)26-16-18(14-21(26)27)22(28)25-12-10-24(11-13-25)15-17-4-2-1-3-5-17/h1-9,18H,10-16H2/t18-/m1/s1. The van der Waals surface area contributed by atoms with E-state index in [9.17, 15) is 14.0 Å². The molecule has 2 fully saturated rings. The van der Waals surface area contributed by atoms with E-state index in [0.717, 1.165) is 19.6 Å². The fourth-order valence-corrected chi connectivity index (χ4v) is 3.97. The number of nitrogens with zero attached hydrogens (tertiary/aromatic N) is 3. The van der Waals surface area contributed by atoms with Gasteiger partial charge in [-0.2, -0.15) is 0 Å². The molecule has 2 amide bonds. The Bertz CT molecular complexity index is 833. The maximum absolute atomic E-state index is 13.1. The molecule has 2 heterocycles. The van der Waals surface area contributed by atoms with E-state index in [1.165, 1.54) is 17.7 Å². The molecule has 0 unspecified atom stereocenters. The third-order valence-electron chi connectivity index (χ3n) is 5.55. The van der Waals surface area contributed by atoms with Crippen LogP contribution in [0.1, 0.15) is 12.0 Å². The first-order valence-electron chi connectivity index (χ1n) is 9.71. The van der Waals surface area contributed by atoms with Crippen molar-refractivity contribution in [2.75, 3.05) is 37.6 Å². The van der Waals surface area contributed by atoms with Crippen molar-refractivity contribution >= 4 is 17.5 Å². The van der Waals surface area contributed by atoms with Gasteiger partial charge in [0.15, 0.2) is 0 Å². The zero-order chi connectivity index (χ0) is 19.5. The minimum Gasteiger partial charge on any atom is -0.340 e. The molecule has 2 aromatic carbocycles. The number of carbonyl (C=O) groups is 2. The fourth-order valence-electron chi connectivity index (χ4n) is 3.97. The summed E-state index contributed by atoms with van der Waals surface area (Å²) in [6, 6.07) is 16.2. The lowest BCUT2D eigenvalue weighted by molar-refractivity contribution is -0.137. The number of piperazine rings is 1. The van der Waals surface area contributed by atoms with Crippen molar-refractivity contribution < 1.29 is 14.0 Å². The number of anilines is 1. The Kier molecular flexibility index (Phi) is 5.39. The van der Waals surface area contributed by atoms with Gasteiger partial charge in [0.05, 0.1) is 5.92 Å². The van der Waals surface area contributed by atoms with Gasteiger partial charge in [-0.1, -0.05) is 30.3 Å². The second-order valence-corrected chi connectivity index (χ2v) is 7.47. The third kappa shape index (κ3) is 4.07. The number of hydrogen-bond acceptors (Lipinski definition) is 3. The highest BCUT2D eigenvalue weighted by molar-refractivity contribution is 6.00. The van der Waals surface area contributed by atoms with Crippen LogP contribution in [0.5, 0.6) is 0 Å². The summed E-state index contributed by atoms with van der Waals surface area (Å²) in [6.45, 7) is 4.31. The predicted octanol–water partition coefficient (Wildman–Crippen LogP) is 2.52. The summed E-state index contributed by atoms with van der Waals surface area (Å²) in [5.41, 5.74) is 1.92. The average molecular weight is 381 g/mol. The normalized spacial score (nSPS) is 20.6. The van der Waals surface area contributed by atoms with Crippen LogP contribution in [-0.2, 0) is 16.1 Å². The second kappa shape index (κ2) is 8.10. The largest absolute Gasteiger partial charge is 0.340 e. The summed E-state index contributed by atoms with van der Waals surface area (Å²) in [7, 11) is 0. The van der Waals surface area contributed by atoms with Crippen LogP contribution >= 0.6 is 0 Å². The van der Waals surface area contributed by atoms with Gasteiger partial charge in [-0.25, -0.2) is 4.39 Å². The van der Waals surface area contributed by atoms with Gasteiger partial charge in [0.25, 0.3) is 0 Å². The second-order valence-electron chi connectivity index (χ2n) is 7.47.